The van der Waals surface area contributed by atoms with Gasteiger partial charge < -0.3 is 10.4 Å². The summed E-state index contributed by atoms with van der Waals surface area (Å²) >= 11 is 3.55. The molecule has 2 aliphatic rings. The third-order valence-corrected chi connectivity index (χ3v) is 5.31. The highest BCUT2D eigenvalue weighted by Gasteiger charge is 2.38. The van der Waals surface area contributed by atoms with Crippen LogP contribution < -0.4 is 5.32 Å². The SMILES string of the molecule is O=C(O)c1ccc2c(c1)[C@H]1C=CC[C@@H]1[C@@H](c1cccc(Br)c1)N2. The number of anilines is 1. The first-order chi connectivity index (χ1) is 11.1. The van der Waals surface area contributed by atoms with Crippen LogP contribution in [0.4, 0.5) is 5.69 Å². The summed E-state index contributed by atoms with van der Waals surface area (Å²) in [5.74, 6) is -0.184. The van der Waals surface area contributed by atoms with Crippen LogP contribution in [0.25, 0.3) is 0 Å². The van der Waals surface area contributed by atoms with Crippen molar-refractivity contribution in [1.82, 2.24) is 0 Å². The highest BCUT2D eigenvalue weighted by molar-refractivity contribution is 9.10. The largest absolute Gasteiger partial charge is 0.478 e. The van der Waals surface area contributed by atoms with Crippen molar-refractivity contribution in [3.63, 3.8) is 0 Å². The average molecular weight is 370 g/mol. The maximum Gasteiger partial charge on any atom is 0.335 e. The number of allylic oxidation sites excluding steroid dienone is 2. The van der Waals surface area contributed by atoms with Gasteiger partial charge in [0.25, 0.3) is 0 Å². The Balaban J connectivity index is 1.79. The normalized spacial score (nSPS) is 24.7. The smallest absolute Gasteiger partial charge is 0.335 e. The molecule has 0 saturated heterocycles. The number of nitrogens with one attached hydrogen (secondary N) is 1. The molecule has 116 valence electrons. The third kappa shape index (κ3) is 2.47. The van der Waals surface area contributed by atoms with Crippen molar-refractivity contribution in [2.75, 3.05) is 5.32 Å². The molecule has 0 unspecified atom stereocenters. The zero-order chi connectivity index (χ0) is 16.0. The molecule has 3 nitrogen and oxygen atoms in total. The van der Waals surface area contributed by atoms with Gasteiger partial charge in [0.15, 0.2) is 0 Å². The predicted molar refractivity (Wildman–Crippen MR) is 93.9 cm³/mol. The van der Waals surface area contributed by atoms with E-state index in [4.69, 9.17) is 0 Å². The molecule has 2 N–H and O–H groups in total. The molecular formula is C19H16BrNO2. The molecule has 2 aromatic rings. The van der Waals surface area contributed by atoms with E-state index in [0.717, 1.165) is 22.1 Å². The predicted octanol–water partition coefficient (Wildman–Crippen LogP) is 4.97. The monoisotopic (exact) mass is 369 g/mol. The van der Waals surface area contributed by atoms with Gasteiger partial charge in [0.2, 0.25) is 0 Å². The van der Waals surface area contributed by atoms with E-state index in [1.807, 2.05) is 18.2 Å². The van der Waals surface area contributed by atoms with Crippen LogP contribution in [-0.4, -0.2) is 11.1 Å². The Morgan fingerprint density at radius 2 is 2.09 bits per heavy atom. The molecule has 4 heteroatoms. The first-order valence-corrected chi connectivity index (χ1v) is 8.48. The number of hydrogen-bond donors (Lipinski definition) is 2. The molecule has 1 heterocycles. The maximum atomic E-state index is 11.3. The maximum absolute atomic E-state index is 11.3. The van der Waals surface area contributed by atoms with E-state index >= 15 is 0 Å². The minimum absolute atomic E-state index is 0.232. The number of carbonyl (C=O) groups is 1. The summed E-state index contributed by atoms with van der Waals surface area (Å²) in [5.41, 5.74) is 3.74. The number of halogens is 1. The van der Waals surface area contributed by atoms with E-state index in [0.29, 0.717) is 11.5 Å². The quantitative estimate of drug-likeness (QED) is 0.734. The molecule has 1 aliphatic heterocycles. The first-order valence-electron chi connectivity index (χ1n) is 7.69. The molecule has 3 atom stereocenters. The Kier molecular flexibility index (Phi) is 3.49. The average Bonchev–Trinajstić information content (AvgIpc) is 3.03. The van der Waals surface area contributed by atoms with E-state index in [2.05, 4.69) is 51.6 Å². The van der Waals surface area contributed by atoms with Gasteiger partial charge in [-0.15, -0.1) is 0 Å². The summed E-state index contributed by atoms with van der Waals surface area (Å²) in [4.78, 5) is 11.3. The fourth-order valence-corrected chi connectivity index (χ4v) is 4.17. The molecule has 0 amide bonds. The van der Waals surface area contributed by atoms with Crippen molar-refractivity contribution in [2.45, 2.75) is 18.4 Å². The van der Waals surface area contributed by atoms with Crippen molar-refractivity contribution in [3.05, 3.63) is 75.8 Å². The highest BCUT2D eigenvalue weighted by Crippen LogP contribution is 2.50. The fraction of sp³-hybridized carbons (Fsp3) is 0.211. The Bertz CT molecular complexity index is 815. The van der Waals surface area contributed by atoms with Crippen LogP contribution in [0.1, 0.15) is 39.9 Å². The van der Waals surface area contributed by atoms with Gasteiger partial charge in [0.1, 0.15) is 0 Å². The van der Waals surface area contributed by atoms with Crippen LogP contribution in [0.15, 0.2) is 59.1 Å². The topological polar surface area (TPSA) is 49.3 Å². The van der Waals surface area contributed by atoms with Gasteiger partial charge in [-0.3, -0.25) is 0 Å². The van der Waals surface area contributed by atoms with Gasteiger partial charge in [-0.1, -0.05) is 40.2 Å². The van der Waals surface area contributed by atoms with E-state index in [9.17, 15) is 9.90 Å². The summed E-state index contributed by atoms with van der Waals surface area (Å²) in [6.45, 7) is 0. The summed E-state index contributed by atoms with van der Waals surface area (Å²) in [7, 11) is 0. The van der Waals surface area contributed by atoms with Crippen LogP contribution in [-0.2, 0) is 0 Å². The van der Waals surface area contributed by atoms with Gasteiger partial charge >= 0.3 is 5.97 Å². The van der Waals surface area contributed by atoms with Crippen LogP contribution in [0.2, 0.25) is 0 Å². The Morgan fingerprint density at radius 1 is 1.22 bits per heavy atom. The lowest BCUT2D eigenvalue weighted by Crippen LogP contribution is -2.29. The highest BCUT2D eigenvalue weighted by atomic mass is 79.9. The molecule has 0 fully saturated rings. The number of fused-ring (bicyclic) bond motifs is 3. The molecule has 0 spiro atoms. The van der Waals surface area contributed by atoms with Crippen LogP contribution in [0.5, 0.6) is 0 Å². The molecule has 23 heavy (non-hydrogen) atoms. The van der Waals surface area contributed by atoms with Crippen LogP contribution in [0.3, 0.4) is 0 Å². The van der Waals surface area contributed by atoms with Crippen molar-refractivity contribution in [1.29, 1.82) is 0 Å². The van der Waals surface area contributed by atoms with Crippen molar-refractivity contribution in [2.24, 2.45) is 5.92 Å². The lowest BCUT2D eigenvalue weighted by molar-refractivity contribution is 0.0696. The van der Waals surface area contributed by atoms with E-state index < -0.39 is 5.97 Å². The van der Waals surface area contributed by atoms with Crippen molar-refractivity contribution < 1.29 is 9.90 Å². The third-order valence-electron chi connectivity index (χ3n) is 4.82. The number of rotatable bonds is 2. The Morgan fingerprint density at radius 3 is 2.87 bits per heavy atom. The van der Waals surface area contributed by atoms with Crippen molar-refractivity contribution in [3.8, 4) is 0 Å². The fourth-order valence-electron chi connectivity index (χ4n) is 3.76. The van der Waals surface area contributed by atoms with Gasteiger partial charge in [0.05, 0.1) is 11.6 Å². The Labute approximate surface area is 143 Å². The second-order valence-electron chi connectivity index (χ2n) is 6.14. The van der Waals surface area contributed by atoms with Gasteiger partial charge in [0, 0.05) is 16.1 Å². The molecule has 0 bridgehead atoms. The van der Waals surface area contributed by atoms with Crippen molar-refractivity contribution >= 4 is 27.6 Å². The summed E-state index contributed by atoms with van der Waals surface area (Å²) in [6, 6.07) is 14.0. The lowest BCUT2D eigenvalue weighted by Gasteiger charge is -2.37. The van der Waals surface area contributed by atoms with Gasteiger partial charge in [-0.2, -0.15) is 0 Å². The molecule has 0 radical (unpaired) electrons. The van der Waals surface area contributed by atoms with Gasteiger partial charge in [-0.05, 0) is 53.8 Å². The molecule has 0 saturated carbocycles. The van der Waals surface area contributed by atoms with E-state index in [1.165, 1.54) is 5.56 Å². The molecular weight excluding hydrogens is 354 g/mol. The summed E-state index contributed by atoms with van der Waals surface area (Å²) < 4.78 is 1.08. The Hall–Kier alpha value is -2.07. The first kappa shape index (κ1) is 14.5. The second kappa shape index (κ2) is 5.53. The molecule has 0 aromatic heterocycles. The second-order valence-corrected chi connectivity index (χ2v) is 7.05. The molecule has 1 aliphatic carbocycles. The van der Waals surface area contributed by atoms with Crippen LogP contribution in [0, 0.1) is 5.92 Å². The zero-order valence-corrected chi connectivity index (χ0v) is 14.0. The lowest BCUT2D eigenvalue weighted by atomic mass is 9.76. The van der Waals surface area contributed by atoms with Crippen LogP contribution >= 0.6 is 15.9 Å². The summed E-state index contributed by atoms with van der Waals surface area (Å²) in [5, 5.41) is 12.9. The number of aromatic carboxylic acids is 1. The van der Waals surface area contributed by atoms with E-state index in [1.54, 1.807) is 6.07 Å². The number of hydrogen-bond acceptors (Lipinski definition) is 2. The zero-order valence-electron chi connectivity index (χ0n) is 12.4. The minimum atomic E-state index is -0.875. The number of carboxylic acid groups (broad SMARTS) is 1. The summed E-state index contributed by atoms with van der Waals surface area (Å²) in [6.07, 6.45) is 5.44. The molecule has 2 aromatic carbocycles. The minimum Gasteiger partial charge on any atom is -0.478 e. The number of carboxylic acids is 1. The van der Waals surface area contributed by atoms with E-state index in [-0.39, 0.29) is 12.0 Å². The number of benzene rings is 2. The standard InChI is InChI=1S/C19H16BrNO2/c20-13-4-1-3-11(9-13)18-15-6-2-5-14(15)16-10-12(19(22)23)7-8-17(16)21-18/h1-5,7-10,14-15,18,21H,6H2,(H,22,23)/t14-,15-,18+/m0/s1. The molecule has 4 rings (SSSR count). The van der Waals surface area contributed by atoms with Gasteiger partial charge in [-0.25, -0.2) is 4.79 Å².